The van der Waals surface area contributed by atoms with E-state index in [4.69, 9.17) is 5.73 Å². The lowest BCUT2D eigenvalue weighted by Crippen LogP contribution is -1.84. The maximum atomic E-state index is 5.29. The van der Waals surface area contributed by atoms with E-state index in [0.29, 0.717) is 11.8 Å². The van der Waals surface area contributed by atoms with Crippen LogP contribution in [-0.4, -0.2) is 5.16 Å². The van der Waals surface area contributed by atoms with E-state index in [0.717, 1.165) is 5.69 Å². The SMILES string of the molecule is CC.CC(C)c1cc(N)on1. The Bertz CT molecular complexity index is 194. The maximum Gasteiger partial charge on any atom is 0.222 e. The summed E-state index contributed by atoms with van der Waals surface area (Å²) in [6.45, 7) is 8.08. The fourth-order valence-corrected chi connectivity index (χ4v) is 0.576. The van der Waals surface area contributed by atoms with Gasteiger partial charge in [0.25, 0.3) is 0 Å². The number of aromatic nitrogens is 1. The van der Waals surface area contributed by atoms with Crippen molar-refractivity contribution in [1.29, 1.82) is 0 Å². The highest BCUT2D eigenvalue weighted by molar-refractivity contribution is 5.25. The summed E-state index contributed by atoms with van der Waals surface area (Å²) in [6, 6.07) is 1.74. The van der Waals surface area contributed by atoms with Crippen molar-refractivity contribution in [2.24, 2.45) is 0 Å². The molecule has 0 amide bonds. The molecule has 0 aliphatic rings. The Balaban J connectivity index is 0.000000461. The van der Waals surface area contributed by atoms with Gasteiger partial charge in [0.2, 0.25) is 5.88 Å². The van der Waals surface area contributed by atoms with Crippen LogP contribution in [0.5, 0.6) is 0 Å². The normalized spacial score (nSPS) is 9.18. The predicted molar refractivity (Wildman–Crippen MR) is 46.4 cm³/mol. The molecule has 3 heteroatoms. The molecule has 0 fully saturated rings. The Labute approximate surface area is 67.6 Å². The first-order chi connectivity index (χ1) is 5.20. The zero-order valence-corrected chi connectivity index (χ0v) is 7.59. The quantitative estimate of drug-likeness (QED) is 0.679. The molecular formula is C8H16N2O. The van der Waals surface area contributed by atoms with Crippen LogP contribution in [0.1, 0.15) is 39.3 Å². The molecule has 0 aliphatic heterocycles. The monoisotopic (exact) mass is 156 g/mol. The van der Waals surface area contributed by atoms with Crippen molar-refractivity contribution in [3.05, 3.63) is 11.8 Å². The molecule has 11 heavy (non-hydrogen) atoms. The van der Waals surface area contributed by atoms with Crippen molar-refractivity contribution in [2.45, 2.75) is 33.6 Å². The van der Waals surface area contributed by atoms with Gasteiger partial charge in [0.15, 0.2) is 0 Å². The molecule has 3 nitrogen and oxygen atoms in total. The van der Waals surface area contributed by atoms with E-state index >= 15 is 0 Å². The first-order valence-electron chi connectivity index (χ1n) is 3.92. The molecule has 1 aromatic rings. The molecule has 1 heterocycles. The molecule has 0 aromatic carbocycles. The summed E-state index contributed by atoms with van der Waals surface area (Å²) in [7, 11) is 0. The molecule has 0 unspecified atom stereocenters. The fraction of sp³-hybridized carbons (Fsp3) is 0.625. The molecule has 2 N–H and O–H groups in total. The predicted octanol–water partition coefficient (Wildman–Crippen LogP) is 2.41. The number of nitrogens with zero attached hydrogens (tertiary/aromatic N) is 1. The first-order valence-corrected chi connectivity index (χ1v) is 3.92. The van der Waals surface area contributed by atoms with Crippen LogP contribution in [0.25, 0.3) is 0 Å². The number of hydrogen-bond acceptors (Lipinski definition) is 3. The number of nitrogens with two attached hydrogens (primary N) is 1. The molecule has 0 bridgehead atoms. The minimum Gasteiger partial charge on any atom is -0.368 e. The second-order valence-corrected chi connectivity index (χ2v) is 2.31. The van der Waals surface area contributed by atoms with Crippen molar-refractivity contribution in [1.82, 2.24) is 5.16 Å². The van der Waals surface area contributed by atoms with E-state index in [1.165, 1.54) is 0 Å². The number of anilines is 1. The van der Waals surface area contributed by atoms with Crippen LogP contribution in [0.15, 0.2) is 10.6 Å². The average molecular weight is 156 g/mol. The third-order valence-electron chi connectivity index (χ3n) is 1.14. The third kappa shape index (κ3) is 3.07. The van der Waals surface area contributed by atoms with Gasteiger partial charge in [0.05, 0.1) is 5.69 Å². The van der Waals surface area contributed by atoms with Crippen LogP contribution in [0, 0.1) is 0 Å². The third-order valence-corrected chi connectivity index (χ3v) is 1.14. The second-order valence-electron chi connectivity index (χ2n) is 2.31. The number of hydrogen-bond donors (Lipinski definition) is 1. The van der Waals surface area contributed by atoms with Gasteiger partial charge in [-0.2, -0.15) is 0 Å². The van der Waals surface area contributed by atoms with Gasteiger partial charge in [-0.25, -0.2) is 0 Å². The van der Waals surface area contributed by atoms with E-state index in [1.807, 2.05) is 27.7 Å². The van der Waals surface area contributed by atoms with Gasteiger partial charge in [0, 0.05) is 6.07 Å². The van der Waals surface area contributed by atoms with Crippen LogP contribution in [0.4, 0.5) is 5.88 Å². The highest BCUT2D eigenvalue weighted by Crippen LogP contribution is 2.14. The highest BCUT2D eigenvalue weighted by atomic mass is 16.5. The maximum absolute atomic E-state index is 5.29. The van der Waals surface area contributed by atoms with Gasteiger partial charge < -0.3 is 10.3 Å². The van der Waals surface area contributed by atoms with Gasteiger partial charge in [0.1, 0.15) is 0 Å². The van der Waals surface area contributed by atoms with E-state index < -0.39 is 0 Å². The van der Waals surface area contributed by atoms with Crippen molar-refractivity contribution in [2.75, 3.05) is 5.73 Å². The van der Waals surface area contributed by atoms with Crippen molar-refractivity contribution < 1.29 is 4.52 Å². The molecule has 1 aromatic heterocycles. The lowest BCUT2D eigenvalue weighted by molar-refractivity contribution is 0.424. The number of rotatable bonds is 1. The van der Waals surface area contributed by atoms with E-state index in [2.05, 4.69) is 9.68 Å². The van der Waals surface area contributed by atoms with E-state index in [1.54, 1.807) is 6.07 Å². The first kappa shape index (κ1) is 10.0. The van der Waals surface area contributed by atoms with Crippen LogP contribution in [0.2, 0.25) is 0 Å². The van der Waals surface area contributed by atoms with E-state index in [9.17, 15) is 0 Å². The molecule has 1 rings (SSSR count). The Morgan fingerprint density at radius 2 is 2.00 bits per heavy atom. The lowest BCUT2D eigenvalue weighted by Gasteiger charge is -1.92. The van der Waals surface area contributed by atoms with E-state index in [-0.39, 0.29) is 0 Å². The van der Waals surface area contributed by atoms with Crippen LogP contribution >= 0.6 is 0 Å². The summed E-state index contributed by atoms with van der Waals surface area (Å²) in [5, 5.41) is 3.72. The molecular weight excluding hydrogens is 140 g/mol. The Kier molecular flexibility index (Phi) is 4.34. The molecule has 0 aliphatic carbocycles. The molecule has 0 atom stereocenters. The van der Waals surface area contributed by atoms with Crippen molar-refractivity contribution in [3.8, 4) is 0 Å². The van der Waals surface area contributed by atoms with Crippen molar-refractivity contribution >= 4 is 5.88 Å². The topological polar surface area (TPSA) is 52.0 Å². The summed E-state index contributed by atoms with van der Waals surface area (Å²) in [6.07, 6.45) is 0. The summed E-state index contributed by atoms with van der Waals surface area (Å²) in [4.78, 5) is 0. The minimum atomic E-state index is 0.388. The standard InChI is InChI=1S/C6H10N2O.C2H6/c1-4(2)5-3-6(7)9-8-5;1-2/h3-4H,7H2,1-2H3;1-2H3. The zero-order chi connectivity index (χ0) is 8.85. The van der Waals surface area contributed by atoms with Gasteiger partial charge >= 0.3 is 0 Å². The minimum absolute atomic E-state index is 0.388. The van der Waals surface area contributed by atoms with Gasteiger partial charge in [-0.1, -0.05) is 32.9 Å². The summed E-state index contributed by atoms with van der Waals surface area (Å²) in [5.41, 5.74) is 6.20. The fourth-order valence-electron chi connectivity index (χ4n) is 0.576. The molecule has 64 valence electrons. The largest absolute Gasteiger partial charge is 0.368 e. The molecule has 0 spiro atoms. The van der Waals surface area contributed by atoms with Gasteiger partial charge in [-0.05, 0) is 5.92 Å². The Morgan fingerprint density at radius 1 is 1.45 bits per heavy atom. The van der Waals surface area contributed by atoms with Crippen LogP contribution in [0.3, 0.4) is 0 Å². The summed E-state index contributed by atoms with van der Waals surface area (Å²) >= 11 is 0. The smallest absolute Gasteiger partial charge is 0.222 e. The van der Waals surface area contributed by atoms with Gasteiger partial charge in [-0.15, -0.1) is 0 Å². The molecule has 0 radical (unpaired) electrons. The van der Waals surface area contributed by atoms with Gasteiger partial charge in [-0.3, -0.25) is 0 Å². The van der Waals surface area contributed by atoms with Crippen molar-refractivity contribution in [3.63, 3.8) is 0 Å². The lowest BCUT2D eigenvalue weighted by atomic mass is 10.1. The Morgan fingerprint density at radius 3 is 2.18 bits per heavy atom. The second kappa shape index (κ2) is 4.77. The summed E-state index contributed by atoms with van der Waals surface area (Å²) in [5.74, 6) is 0.782. The zero-order valence-electron chi connectivity index (χ0n) is 7.59. The molecule has 0 saturated carbocycles. The summed E-state index contributed by atoms with van der Waals surface area (Å²) < 4.78 is 4.65. The number of nitrogen functional groups attached to an aromatic ring is 1. The average Bonchev–Trinajstić information content (AvgIpc) is 2.40. The highest BCUT2D eigenvalue weighted by Gasteiger charge is 2.03. The molecule has 0 saturated heterocycles. The Hall–Kier alpha value is -0.990. The van der Waals surface area contributed by atoms with Crippen LogP contribution in [-0.2, 0) is 0 Å². The van der Waals surface area contributed by atoms with Crippen LogP contribution < -0.4 is 5.73 Å².